The molecule has 10 heteroatoms. The van der Waals surface area contributed by atoms with E-state index in [0.717, 1.165) is 0 Å². The van der Waals surface area contributed by atoms with Crippen molar-refractivity contribution in [3.05, 3.63) is 35.9 Å². The Morgan fingerprint density at radius 2 is 1.89 bits per heavy atom. The molecule has 0 bridgehead atoms. The van der Waals surface area contributed by atoms with Crippen LogP contribution in [0, 0.1) is 0 Å². The lowest BCUT2D eigenvalue weighted by atomic mass is 10.1. The highest BCUT2D eigenvalue weighted by Crippen LogP contribution is 2.39. The largest absolute Gasteiger partial charge is 0.462 e. The number of ether oxygens (including phenoxy) is 3. The monoisotopic (exact) mass is 385 g/mol. The number of carbonyl (C=O) groups excluding carboxylic acids is 1. The summed E-state index contributed by atoms with van der Waals surface area (Å²) in [5, 5.41) is 0. The van der Waals surface area contributed by atoms with E-state index in [1.165, 1.54) is 24.0 Å². The molecule has 1 fully saturated rings. The van der Waals surface area contributed by atoms with Crippen molar-refractivity contribution in [2.24, 2.45) is 9.98 Å². The van der Waals surface area contributed by atoms with Gasteiger partial charge in [0.2, 0.25) is 5.90 Å². The summed E-state index contributed by atoms with van der Waals surface area (Å²) in [6.07, 6.45) is -5.11. The van der Waals surface area contributed by atoms with E-state index in [4.69, 9.17) is 9.47 Å². The van der Waals surface area contributed by atoms with E-state index >= 15 is 0 Å². The van der Waals surface area contributed by atoms with Crippen LogP contribution in [0.25, 0.3) is 0 Å². The van der Waals surface area contributed by atoms with Crippen molar-refractivity contribution in [3.8, 4) is 0 Å². The Balaban J connectivity index is 2.12. The predicted molar refractivity (Wildman–Crippen MR) is 89.3 cm³/mol. The second-order valence-corrected chi connectivity index (χ2v) is 5.77. The number of alkyl halides is 3. The minimum atomic E-state index is -5.11. The highest BCUT2D eigenvalue weighted by molar-refractivity contribution is 6.05. The number of morpholine rings is 1. The standard InChI is InChI=1S/C17H18F3N3O4/c1-2-26-14(24)16(17(18,19)20)21-13(12-6-4-3-5-7-12)27-15(22-16)23-8-10-25-11-9-23/h3-7H,2,8-11H2,1H3. The Labute approximate surface area is 153 Å². The van der Waals surface area contributed by atoms with E-state index < -0.39 is 17.8 Å². The van der Waals surface area contributed by atoms with E-state index in [9.17, 15) is 18.0 Å². The van der Waals surface area contributed by atoms with Crippen molar-refractivity contribution >= 4 is 17.9 Å². The Bertz CT molecular complexity index is 746. The van der Waals surface area contributed by atoms with Gasteiger partial charge in [0, 0.05) is 18.7 Å². The zero-order chi connectivity index (χ0) is 19.5. The van der Waals surface area contributed by atoms with Crippen molar-refractivity contribution in [2.75, 3.05) is 32.9 Å². The molecule has 27 heavy (non-hydrogen) atoms. The van der Waals surface area contributed by atoms with Gasteiger partial charge in [-0.05, 0) is 19.1 Å². The fraction of sp³-hybridized carbons (Fsp3) is 0.471. The third-order valence-corrected chi connectivity index (χ3v) is 3.97. The van der Waals surface area contributed by atoms with Crippen LogP contribution in [-0.2, 0) is 19.0 Å². The highest BCUT2D eigenvalue weighted by Gasteiger charge is 2.65. The first-order chi connectivity index (χ1) is 12.9. The SMILES string of the molecule is CCOC(=O)C1(C(F)(F)F)N=C(c2ccccc2)OC(N2CCOCC2)=N1. The van der Waals surface area contributed by atoms with Crippen molar-refractivity contribution < 1.29 is 32.2 Å². The summed E-state index contributed by atoms with van der Waals surface area (Å²) >= 11 is 0. The molecule has 0 aliphatic carbocycles. The predicted octanol–water partition coefficient (Wildman–Crippen LogP) is 1.97. The smallest absolute Gasteiger partial charge is 0.446 e. The first-order valence-corrected chi connectivity index (χ1v) is 8.37. The molecule has 2 aliphatic rings. The zero-order valence-corrected chi connectivity index (χ0v) is 14.5. The maximum Gasteiger partial charge on any atom is 0.446 e. The van der Waals surface area contributed by atoms with Crippen LogP contribution < -0.4 is 0 Å². The second-order valence-electron chi connectivity index (χ2n) is 5.77. The van der Waals surface area contributed by atoms with Crippen LogP contribution >= 0.6 is 0 Å². The van der Waals surface area contributed by atoms with Gasteiger partial charge in [-0.2, -0.15) is 23.2 Å². The molecule has 146 valence electrons. The summed E-state index contributed by atoms with van der Waals surface area (Å²) in [7, 11) is 0. The molecular weight excluding hydrogens is 367 g/mol. The van der Waals surface area contributed by atoms with Gasteiger partial charge in [0.05, 0.1) is 19.8 Å². The fourth-order valence-corrected chi connectivity index (χ4v) is 2.60. The van der Waals surface area contributed by atoms with E-state index in [-0.39, 0.29) is 37.2 Å². The third-order valence-electron chi connectivity index (χ3n) is 3.97. The number of aliphatic imine (C=N–C) groups is 2. The van der Waals surface area contributed by atoms with Gasteiger partial charge in [0.15, 0.2) is 0 Å². The lowest BCUT2D eigenvalue weighted by Gasteiger charge is -2.35. The molecule has 1 unspecified atom stereocenters. The molecule has 0 radical (unpaired) electrons. The van der Waals surface area contributed by atoms with Gasteiger partial charge in [-0.15, -0.1) is 0 Å². The summed E-state index contributed by atoms with van der Waals surface area (Å²) in [6, 6.07) is 7.69. The van der Waals surface area contributed by atoms with Gasteiger partial charge in [-0.3, -0.25) is 0 Å². The number of hydrogen-bond donors (Lipinski definition) is 0. The van der Waals surface area contributed by atoms with Crippen LogP contribution in [0.5, 0.6) is 0 Å². The van der Waals surface area contributed by atoms with Gasteiger partial charge in [0.25, 0.3) is 6.02 Å². The van der Waals surface area contributed by atoms with Gasteiger partial charge in [-0.25, -0.2) is 4.79 Å². The highest BCUT2D eigenvalue weighted by atomic mass is 19.4. The van der Waals surface area contributed by atoms with E-state index in [0.29, 0.717) is 13.2 Å². The molecule has 1 atom stereocenters. The summed E-state index contributed by atoms with van der Waals surface area (Å²) in [6.45, 7) is 2.33. The van der Waals surface area contributed by atoms with Crippen LogP contribution in [0.3, 0.4) is 0 Å². The van der Waals surface area contributed by atoms with Gasteiger partial charge >= 0.3 is 17.8 Å². The average molecular weight is 385 g/mol. The van der Waals surface area contributed by atoms with Crippen LogP contribution in [0.1, 0.15) is 12.5 Å². The third kappa shape index (κ3) is 3.75. The van der Waals surface area contributed by atoms with Crippen molar-refractivity contribution in [1.29, 1.82) is 0 Å². The van der Waals surface area contributed by atoms with Gasteiger partial charge in [-0.1, -0.05) is 18.2 Å². The molecule has 0 N–H and O–H groups in total. The number of nitrogens with zero attached hydrogens (tertiary/aromatic N) is 3. The average Bonchev–Trinajstić information content (AvgIpc) is 2.68. The van der Waals surface area contributed by atoms with E-state index in [1.807, 2.05) is 0 Å². The van der Waals surface area contributed by atoms with Crippen molar-refractivity contribution in [2.45, 2.75) is 18.8 Å². The Morgan fingerprint density at radius 1 is 1.22 bits per heavy atom. The number of carbonyl (C=O) groups is 1. The molecule has 7 nitrogen and oxygen atoms in total. The lowest BCUT2D eigenvalue weighted by Crippen LogP contribution is -2.56. The summed E-state index contributed by atoms with van der Waals surface area (Å²) < 4.78 is 57.4. The molecule has 3 rings (SSSR count). The number of amidine groups is 1. The van der Waals surface area contributed by atoms with E-state index in [2.05, 4.69) is 14.7 Å². The molecule has 0 spiro atoms. The topological polar surface area (TPSA) is 72.7 Å². The number of benzene rings is 1. The summed E-state index contributed by atoms with van der Waals surface area (Å²) in [5.41, 5.74) is -3.13. The summed E-state index contributed by atoms with van der Waals surface area (Å²) in [4.78, 5) is 21.0. The maximum atomic E-state index is 14.0. The minimum Gasteiger partial charge on any atom is -0.462 e. The van der Waals surface area contributed by atoms with Gasteiger partial charge in [0.1, 0.15) is 0 Å². The van der Waals surface area contributed by atoms with Crippen LogP contribution in [0.4, 0.5) is 13.2 Å². The van der Waals surface area contributed by atoms with Crippen molar-refractivity contribution in [3.63, 3.8) is 0 Å². The molecule has 0 aromatic heterocycles. The molecule has 2 aliphatic heterocycles. The molecule has 0 saturated carbocycles. The second kappa shape index (κ2) is 7.55. The normalized spacial score (nSPS) is 23.2. The maximum absolute atomic E-state index is 14.0. The van der Waals surface area contributed by atoms with E-state index in [1.54, 1.807) is 18.2 Å². The fourth-order valence-electron chi connectivity index (χ4n) is 2.60. The van der Waals surface area contributed by atoms with Crippen LogP contribution in [0.15, 0.2) is 40.3 Å². The number of rotatable bonds is 3. The number of halogens is 3. The molecule has 0 amide bonds. The first kappa shape index (κ1) is 19.2. The zero-order valence-electron chi connectivity index (χ0n) is 14.5. The molecule has 1 aromatic rings. The van der Waals surface area contributed by atoms with Gasteiger partial charge < -0.3 is 19.1 Å². The Kier molecular flexibility index (Phi) is 5.36. The number of hydrogen-bond acceptors (Lipinski definition) is 7. The number of esters is 1. The molecule has 2 heterocycles. The van der Waals surface area contributed by atoms with Crippen molar-refractivity contribution in [1.82, 2.24) is 4.90 Å². The Hall–Kier alpha value is -2.62. The summed E-state index contributed by atoms with van der Waals surface area (Å²) in [5.74, 6) is -1.95. The van der Waals surface area contributed by atoms with Crippen LogP contribution in [0.2, 0.25) is 0 Å². The minimum absolute atomic E-state index is 0.240. The lowest BCUT2D eigenvalue weighted by molar-refractivity contribution is -0.204. The molecule has 1 saturated heterocycles. The van der Waals surface area contributed by atoms with Crippen LogP contribution in [-0.4, -0.2) is 67.5 Å². The quantitative estimate of drug-likeness (QED) is 0.744. The molecule has 1 aromatic carbocycles. The molecular formula is C17H18F3N3O4. The first-order valence-electron chi connectivity index (χ1n) is 8.37. The Morgan fingerprint density at radius 3 is 2.48 bits per heavy atom.